The van der Waals surface area contributed by atoms with E-state index in [0.717, 1.165) is 31.4 Å². The van der Waals surface area contributed by atoms with Crippen molar-refractivity contribution in [2.45, 2.75) is 37.4 Å². The van der Waals surface area contributed by atoms with Crippen molar-refractivity contribution in [2.75, 3.05) is 11.1 Å². The van der Waals surface area contributed by atoms with Gasteiger partial charge in [0.05, 0.1) is 11.3 Å². The summed E-state index contributed by atoms with van der Waals surface area (Å²) in [6, 6.07) is 6.40. The van der Waals surface area contributed by atoms with E-state index in [-0.39, 0.29) is 41.0 Å². The Labute approximate surface area is 164 Å². The van der Waals surface area contributed by atoms with Crippen LogP contribution in [0.4, 0.5) is 5.69 Å². The summed E-state index contributed by atoms with van der Waals surface area (Å²) < 4.78 is 0. The summed E-state index contributed by atoms with van der Waals surface area (Å²) in [5, 5.41) is 12.0. The van der Waals surface area contributed by atoms with Crippen LogP contribution in [0.1, 0.15) is 42.5 Å². The van der Waals surface area contributed by atoms with E-state index in [1.165, 1.54) is 6.07 Å². The molecule has 1 unspecified atom stereocenters. The van der Waals surface area contributed by atoms with Crippen molar-refractivity contribution in [3.8, 4) is 0 Å². The van der Waals surface area contributed by atoms with Crippen LogP contribution in [0, 0.1) is 0 Å². The van der Waals surface area contributed by atoms with Crippen molar-refractivity contribution >= 4 is 72.4 Å². The van der Waals surface area contributed by atoms with E-state index in [1.54, 1.807) is 18.2 Å². The van der Waals surface area contributed by atoms with Gasteiger partial charge in [-0.3, -0.25) is 4.79 Å². The molecular weight excluding hydrogens is 329 g/mol. The molecule has 1 aromatic rings. The van der Waals surface area contributed by atoms with E-state index in [1.807, 2.05) is 0 Å². The molecule has 1 rings (SSSR count). The van der Waals surface area contributed by atoms with E-state index < -0.39 is 5.97 Å². The number of hydrogen-bond donors (Lipinski definition) is 4. The maximum atomic E-state index is 11.8. The Bertz CT molecular complexity index is 486. The molecule has 0 heterocycles. The van der Waals surface area contributed by atoms with Crippen molar-refractivity contribution in [1.82, 2.24) is 0 Å². The minimum Gasteiger partial charge on any atom is -0.478 e. The first kappa shape index (κ1) is 21.9. The van der Waals surface area contributed by atoms with Crippen LogP contribution in [0.2, 0.25) is 0 Å². The summed E-state index contributed by atoms with van der Waals surface area (Å²) in [7, 11) is 0. The first-order valence-electron chi connectivity index (χ1n) is 6.95. The van der Waals surface area contributed by atoms with E-state index in [0.29, 0.717) is 17.4 Å². The fraction of sp³-hybridized carbons (Fsp3) is 0.467. The van der Waals surface area contributed by atoms with Gasteiger partial charge >= 0.3 is 5.97 Å². The number of benzene rings is 1. The fourth-order valence-electron chi connectivity index (χ4n) is 1.95. The molecule has 0 spiro atoms. The summed E-state index contributed by atoms with van der Waals surface area (Å²) in [6.07, 6.45) is 4.00. The van der Waals surface area contributed by atoms with Crippen LogP contribution in [0.25, 0.3) is 0 Å². The van der Waals surface area contributed by atoms with Gasteiger partial charge in [0.1, 0.15) is 0 Å². The zero-order valence-electron chi connectivity index (χ0n) is 12.8. The molecule has 0 bridgehead atoms. The third-order valence-electron chi connectivity index (χ3n) is 3.09. The largest absolute Gasteiger partial charge is 0.478 e. The van der Waals surface area contributed by atoms with Crippen LogP contribution in [0.15, 0.2) is 24.3 Å². The first-order valence-corrected chi connectivity index (χ1v) is 8.10. The topological polar surface area (TPSA) is 66.4 Å². The summed E-state index contributed by atoms with van der Waals surface area (Å²) in [5.41, 5.74) is 0.451. The van der Waals surface area contributed by atoms with Crippen LogP contribution >= 0.6 is 25.3 Å². The molecule has 1 aromatic carbocycles. The van der Waals surface area contributed by atoms with E-state index in [2.05, 4.69) is 30.6 Å². The maximum absolute atomic E-state index is 11.8. The molecule has 4 nitrogen and oxygen atoms in total. The SMILES string of the molecule is O=C(CCCCC(S)CCS)Nc1ccccc1C(=O)O.[Na]. The van der Waals surface area contributed by atoms with Gasteiger partial charge in [-0.15, -0.1) is 0 Å². The average molecular weight is 350 g/mol. The molecule has 117 valence electrons. The Morgan fingerprint density at radius 2 is 1.86 bits per heavy atom. The fourth-order valence-corrected chi connectivity index (χ4v) is 2.78. The van der Waals surface area contributed by atoms with Gasteiger partial charge in [0, 0.05) is 41.2 Å². The molecule has 0 aromatic heterocycles. The predicted octanol–water partition coefficient (Wildman–Crippen LogP) is 3.12. The summed E-state index contributed by atoms with van der Waals surface area (Å²) in [6.45, 7) is 0. The van der Waals surface area contributed by atoms with Gasteiger partial charge in [0.25, 0.3) is 0 Å². The summed E-state index contributed by atoms with van der Waals surface area (Å²) >= 11 is 8.59. The molecule has 1 atom stereocenters. The second-order valence-corrected chi connectivity index (χ2v) is 5.99. The molecule has 1 radical (unpaired) electrons. The van der Waals surface area contributed by atoms with Crippen molar-refractivity contribution in [2.24, 2.45) is 0 Å². The van der Waals surface area contributed by atoms with Gasteiger partial charge in [-0.1, -0.05) is 18.6 Å². The second-order valence-electron chi connectivity index (χ2n) is 4.81. The number of carbonyl (C=O) groups excluding carboxylic acids is 1. The number of rotatable bonds is 9. The third-order valence-corrected chi connectivity index (χ3v) is 3.86. The van der Waals surface area contributed by atoms with Crippen LogP contribution in [0.3, 0.4) is 0 Å². The van der Waals surface area contributed by atoms with E-state index in [9.17, 15) is 9.59 Å². The Hall–Kier alpha value is -0.140. The molecule has 0 aliphatic rings. The molecule has 0 aliphatic heterocycles. The number of hydrogen-bond acceptors (Lipinski definition) is 4. The van der Waals surface area contributed by atoms with Crippen LogP contribution in [-0.4, -0.2) is 57.5 Å². The number of amides is 1. The minimum absolute atomic E-state index is 0. The summed E-state index contributed by atoms with van der Waals surface area (Å²) in [5.74, 6) is -0.384. The quantitative estimate of drug-likeness (QED) is 0.314. The van der Waals surface area contributed by atoms with Crippen molar-refractivity contribution in [3.63, 3.8) is 0 Å². The third kappa shape index (κ3) is 8.48. The molecule has 0 aliphatic carbocycles. The number of aromatic carboxylic acids is 1. The number of nitrogens with one attached hydrogen (secondary N) is 1. The van der Waals surface area contributed by atoms with Gasteiger partial charge in [-0.05, 0) is 37.1 Å². The Balaban J connectivity index is 0.00000441. The van der Waals surface area contributed by atoms with Gasteiger partial charge in [-0.2, -0.15) is 25.3 Å². The zero-order chi connectivity index (χ0) is 15.7. The molecule has 2 N–H and O–H groups in total. The molecular formula is C15H21NNaO3S2. The van der Waals surface area contributed by atoms with Gasteiger partial charge in [-0.25, -0.2) is 4.79 Å². The number of anilines is 1. The molecule has 1 amide bonds. The smallest absolute Gasteiger partial charge is 0.337 e. The second kappa shape index (κ2) is 12.3. The van der Waals surface area contributed by atoms with E-state index in [4.69, 9.17) is 5.11 Å². The van der Waals surface area contributed by atoms with Crippen molar-refractivity contribution in [1.29, 1.82) is 0 Å². The van der Waals surface area contributed by atoms with Crippen LogP contribution < -0.4 is 5.32 Å². The zero-order valence-corrected chi connectivity index (χ0v) is 16.6. The van der Waals surface area contributed by atoms with Gasteiger partial charge < -0.3 is 10.4 Å². The van der Waals surface area contributed by atoms with Crippen molar-refractivity contribution in [3.05, 3.63) is 29.8 Å². The molecule has 0 fully saturated rings. The normalized spacial score (nSPS) is 11.4. The molecule has 7 heteroatoms. The average Bonchev–Trinajstić information content (AvgIpc) is 2.44. The number of carbonyl (C=O) groups is 2. The number of carboxylic acid groups (broad SMARTS) is 1. The van der Waals surface area contributed by atoms with Crippen LogP contribution in [0.5, 0.6) is 0 Å². The summed E-state index contributed by atoms with van der Waals surface area (Å²) in [4.78, 5) is 22.9. The number of carboxylic acids is 1. The van der Waals surface area contributed by atoms with Crippen LogP contribution in [-0.2, 0) is 4.79 Å². The van der Waals surface area contributed by atoms with Gasteiger partial charge in [0.15, 0.2) is 0 Å². The Morgan fingerprint density at radius 1 is 1.18 bits per heavy atom. The Kier molecular flexibility index (Phi) is 12.2. The Morgan fingerprint density at radius 3 is 2.50 bits per heavy atom. The number of para-hydroxylation sites is 1. The standard InChI is InChI=1S/C15H21NO3S2.Na/c17-14(8-4-1-5-11(21)9-10-20)16-13-7-3-2-6-12(13)15(18)19;/h2-3,6-7,11,20-21H,1,4-5,8-10H2,(H,16,17)(H,18,19);. The minimum atomic E-state index is -1.05. The van der Waals surface area contributed by atoms with E-state index >= 15 is 0 Å². The monoisotopic (exact) mass is 350 g/mol. The maximum Gasteiger partial charge on any atom is 0.337 e. The first-order chi connectivity index (χ1) is 10.0. The number of unbranched alkanes of at least 4 members (excludes halogenated alkanes) is 1. The van der Waals surface area contributed by atoms with Crippen molar-refractivity contribution < 1.29 is 14.7 Å². The van der Waals surface area contributed by atoms with Gasteiger partial charge in [0.2, 0.25) is 5.91 Å². The molecule has 0 saturated carbocycles. The molecule has 22 heavy (non-hydrogen) atoms. The molecule has 0 saturated heterocycles. The number of thiol groups is 2. The predicted molar refractivity (Wildman–Crippen MR) is 97.5 cm³/mol.